The van der Waals surface area contributed by atoms with Gasteiger partial charge in [0.25, 0.3) is 0 Å². The summed E-state index contributed by atoms with van der Waals surface area (Å²) in [6, 6.07) is 13.9. The highest BCUT2D eigenvalue weighted by molar-refractivity contribution is 7.17. The molecule has 0 spiro atoms. The molecule has 0 saturated heterocycles. The Morgan fingerprint density at radius 1 is 1.00 bits per heavy atom. The lowest BCUT2D eigenvalue weighted by Gasteiger charge is -2.18. The second-order valence-electron chi connectivity index (χ2n) is 4.53. The normalized spacial score (nSPS) is 12.3. The van der Waals surface area contributed by atoms with Gasteiger partial charge in [-0.3, -0.25) is 9.32 Å². The van der Waals surface area contributed by atoms with Gasteiger partial charge in [0.2, 0.25) is 0 Å². The van der Waals surface area contributed by atoms with Crippen LogP contribution in [0, 0.1) is 0 Å². The van der Waals surface area contributed by atoms with Gasteiger partial charge in [0.15, 0.2) is 5.78 Å². The number of ether oxygens (including phenoxy) is 1. The number of halogens is 2. The zero-order chi connectivity index (χ0) is 16.7. The molecule has 0 bridgehead atoms. The average molecular weight is 371 g/mol. The predicted molar refractivity (Wildman–Crippen MR) is 89.5 cm³/mol. The van der Waals surface area contributed by atoms with Crippen molar-refractivity contribution in [3.63, 3.8) is 0 Å². The summed E-state index contributed by atoms with van der Waals surface area (Å²) in [7, 11) is -0.432. The smallest absolute Gasteiger partial charge is 0.327 e. The molecule has 0 fully saturated rings. The molecule has 0 heterocycles. The summed E-state index contributed by atoms with van der Waals surface area (Å²) in [6.45, 7) is 0.195. The van der Waals surface area contributed by atoms with Crippen molar-refractivity contribution in [1.82, 2.24) is 0 Å². The van der Waals surface area contributed by atoms with Gasteiger partial charge in [0.05, 0.1) is 28.8 Å². The van der Waals surface area contributed by atoms with E-state index in [-0.39, 0.29) is 34.6 Å². The van der Waals surface area contributed by atoms with E-state index in [4.69, 9.17) is 27.9 Å². The molecule has 2 aromatic carbocycles. The van der Waals surface area contributed by atoms with Crippen LogP contribution in [0.5, 0.6) is 0 Å². The Bertz CT molecular complexity index is 659. The number of hydrogen-bond acceptors (Lipinski definition) is 4. The molecule has 0 N–H and O–H groups in total. The second kappa shape index (κ2) is 9.11. The van der Waals surface area contributed by atoms with E-state index < -0.39 is 14.8 Å². The maximum Gasteiger partial charge on any atom is 0.327 e. The Hall–Kier alpha value is -1.29. The monoisotopic (exact) mass is 370 g/mol. The highest BCUT2D eigenvalue weighted by Crippen LogP contribution is 2.31. The molecule has 7 heteroatoms. The number of hydrogen-bond donors (Lipinski definition) is 0. The van der Waals surface area contributed by atoms with Gasteiger partial charge in [0, 0.05) is 0 Å². The van der Waals surface area contributed by atoms with Crippen LogP contribution in [0.15, 0.2) is 48.5 Å². The summed E-state index contributed by atoms with van der Waals surface area (Å²) in [5.74, 6) is -0.341. The third-order valence-electron chi connectivity index (χ3n) is 3.06. The van der Waals surface area contributed by atoms with Crippen molar-refractivity contribution in [1.29, 1.82) is 0 Å². The minimum absolute atomic E-state index is 0.0952. The molecule has 0 saturated carbocycles. The van der Waals surface area contributed by atoms with Crippen LogP contribution in [0.25, 0.3) is 0 Å². The maximum atomic E-state index is 12.9. The number of carbonyl (C=O) groups is 1. The summed E-state index contributed by atoms with van der Waals surface area (Å²) in [5.41, 5.74) is 0.890. The third-order valence-corrected chi connectivity index (χ3v) is 3.98. The zero-order valence-corrected chi connectivity index (χ0v) is 14.4. The second-order valence-corrected chi connectivity index (χ2v) is 5.75. The SMILES string of the molecule is O=POCCOC(C(=O)c1c(Cl)cccc1Cl)c1ccccc1. The molecule has 23 heavy (non-hydrogen) atoms. The van der Waals surface area contributed by atoms with Crippen molar-refractivity contribution in [3.8, 4) is 0 Å². The van der Waals surface area contributed by atoms with E-state index in [1.54, 1.807) is 42.5 Å². The van der Waals surface area contributed by atoms with Crippen LogP contribution in [-0.4, -0.2) is 19.0 Å². The highest BCUT2D eigenvalue weighted by Gasteiger charge is 2.26. The number of rotatable bonds is 8. The van der Waals surface area contributed by atoms with Crippen LogP contribution in [0.4, 0.5) is 0 Å². The van der Waals surface area contributed by atoms with Crippen molar-refractivity contribution in [2.24, 2.45) is 0 Å². The molecule has 4 nitrogen and oxygen atoms in total. The Labute approximate surface area is 145 Å². The summed E-state index contributed by atoms with van der Waals surface area (Å²) in [6.07, 6.45) is -0.875. The summed E-state index contributed by atoms with van der Waals surface area (Å²) >= 11 is 12.2. The lowest BCUT2D eigenvalue weighted by Crippen LogP contribution is -2.19. The molecule has 0 aliphatic rings. The van der Waals surface area contributed by atoms with Crippen LogP contribution < -0.4 is 0 Å². The molecule has 1 atom stereocenters. The van der Waals surface area contributed by atoms with Gasteiger partial charge in [-0.2, -0.15) is 0 Å². The van der Waals surface area contributed by atoms with Gasteiger partial charge < -0.3 is 4.74 Å². The van der Waals surface area contributed by atoms with Crippen molar-refractivity contribution in [2.45, 2.75) is 6.10 Å². The minimum Gasteiger partial charge on any atom is -0.363 e. The number of Topliss-reactive ketones (excluding diaryl/α,β-unsaturated/α-hetero) is 1. The van der Waals surface area contributed by atoms with Crippen LogP contribution in [-0.2, 0) is 13.8 Å². The molecule has 2 rings (SSSR count). The Morgan fingerprint density at radius 2 is 1.65 bits per heavy atom. The van der Waals surface area contributed by atoms with E-state index >= 15 is 0 Å². The topological polar surface area (TPSA) is 52.6 Å². The fourth-order valence-electron chi connectivity index (χ4n) is 2.06. The van der Waals surface area contributed by atoms with E-state index in [1.807, 2.05) is 6.07 Å². The number of benzene rings is 2. The van der Waals surface area contributed by atoms with E-state index in [9.17, 15) is 9.36 Å². The molecule has 0 radical (unpaired) electrons. The predicted octanol–water partition coefficient (Wildman–Crippen LogP) is 5.16. The minimum atomic E-state index is -0.875. The number of carbonyl (C=O) groups excluding carboxylic acids is 1. The molecule has 0 aliphatic heterocycles. The quantitative estimate of drug-likeness (QED) is 0.366. The maximum absolute atomic E-state index is 12.9. The molecule has 120 valence electrons. The van der Waals surface area contributed by atoms with Crippen LogP contribution in [0.3, 0.4) is 0 Å². The fourth-order valence-corrected chi connectivity index (χ4v) is 2.79. The van der Waals surface area contributed by atoms with Gasteiger partial charge >= 0.3 is 8.69 Å². The van der Waals surface area contributed by atoms with Crippen molar-refractivity contribution in [2.75, 3.05) is 13.2 Å². The Balaban J connectivity index is 2.29. The fraction of sp³-hybridized carbons (Fsp3) is 0.188. The van der Waals surface area contributed by atoms with E-state index in [0.29, 0.717) is 5.56 Å². The third kappa shape index (κ3) is 4.84. The van der Waals surface area contributed by atoms with E-state index in [1.165, 1.54) is 0 Å². The Kier molecular flexibility index (Phi) is 7.15. The van der Waals surface area contributed by atoms with Crippen molar-refractivity contribution < 1.29 is 18.6 Å². The van der Waals surface area contributed by atoms with Crippen LogP contribution in [0.1, 0.15) is 22.0 Å². The van der Waals surface area contributed by atoms with Gasteiger partial charge in [-0.05, 0) is 17.7 Å². The Morgan fingerprint density at radius 3 is 2.26 bits per heavy atom. The van der Waals surface area contributed by atoms with Gasteiger partial charge in [-0.15, -0.1) is 0 Å². The lowest BCUT2D eigenvalue weighted by atomic mass is 9.99. The molecular formula is C16H13Cl2O4P. The highest BCUT2D eigenvalue weighted by atomic mass is 35.5. The molecule has 0 amide bonds. The van der Waals surface area contributed by atoms with Gasteiger partial charge in [-0.1, -0.05) is 59.6 Å². The first kappa shape index (κ1) is 18.1. The molecule has 0 aromatic heterocycles. The summed E-state index contributed by atoms with van der Waals surface area (Å²) in [4.78, 5) is 12.9. The standard InChI is InChI=1S/C16H13Cl2O4P/c17-12-7-4-8-13(18)14(12)15(19)16(21-9-10-22-23-20)11-5-2-1-3-6-11/h1-8,16H,9-10H2. The van der Waals surface area contributed by atoms with Crippen LogP contribution in [0.2, 0.25) is 10.0 Å². The van der Waals surface area contributed by atoms with Crippen molar-refractivity contribution in [3.05, 3.63) is 69.7 Å². The zero-order valence-electron chi connectivity index (χ0n) is 11.9. The first-order valence-corrected chi connectivity index (χ1v) is 8.23. The first-order chi connectivity index (χ1) is 11.1. The first-order valence-electron chi connectivity index (χ1n) is 6.74. The van der Waals surface area contributed by atoms with E-state index in [0.717, 1.165) is 0 Å². The molecule has 1 unspecified atom stereocenters. The molecular weight excluding hydrogens is 358 g/mol. The van der Waals surface area contributed by atoms with Gasteiger partial charge in [0.1, 0.15) is 6.10 Å². The van der Waals surface area contributed by atoms with E-state index in [2.05, 4.69) is 4.52 Å². The van der Waals surface area contributed by atoms with Gasteiger partial charge in [-0.25, -0.2) is 4.57 Å². The molecule has 0 aliphatic carbocycles. The lowest BCUT2D eigenvalue weighted by molar-refractivity contribution is 0.0310. The summed E-state index contributed by atoms with van der Waals surface area (Å²) < 4.78 is 20.6. The largest absolute Gasteiger partial charge is 0.363 e. The summed E-state index contributed by atoms with van der Waals surface area (Å²) in [5, 5.41) is 0.530. The van der Waals surface area contributed by atoms with Crippen molar-refractivity contribution >= 4 is 37.7 Å². The van der Waals surface area contributed by atoms with Crippen LogP contribution >= 0.6 is 31.9 Å². The average Bonchev–Trinajstić information content (AvgIpc) is 2.55. The molecule has 2 aromatic rings. The number of ketones is 1.